The summed E-state index contributed by atoms with van der Waals surface area (Å²) in [6.45, 7) is 0. The van der Waals surface area contributed by atoms with Gasteiger partial charge in [-0.3, -0.25) is 9.79 Å². The number of rotatable bonds is 6. The summed E-state index contributed by atoms with van der Waals surface area (Å²) >= 11 is 1.45. The van der Waals surface area contributed by atoms with Crippen LogP contribution in [-0.2, 0) is 4.79 Å². The van der Waals surface area contributed by atoms with Crippen molar-refractivity contribution in [2.75, 3.05) is 25.3 Å². The molecule has 1 amide bonds. The highest BCUT2D eigenvalue weighted by molar-refractivity contribution is 8.16. The molecule has 1 saturated carbocycles. The van der Waals surface area contributed by atoms with Crippen LogP contribution in [0.15, 0.2) is 58.5 Å². The molecule has 1 N–H and O–H groups in total. The molecular formula is C25H29N3O3S. The minimum atomic E-state index is -0.365. The molecule has 1 aliphatic carbocycles. The Labute approximate surface area is 193 Å². The highest BCUT2D eigenvalue weighted by atomic mass is 32.2. The Kier molecular flexibility index (Phi) is 7.15. The Morgan fingerprint density at radius 3 is 2.44 bits per heavy atom. The summed E-state index contributed by atoms with van der Waals surface area (Å²) in [6, 6.07) is 15.5. The summed E-state index contributed by atoms with van der Waals surface area (Å²) in [5.74, 6) is 1.36. The summed E-state index contributed by atoms with van der Waals surface area (Å²) in [7, 11) is 3.17. The van der Waals surface area contributed by atoms with E-state index in [1.807, 2.05) is 18.2 Å². The number of benzene rings is 2. The zero-order valence-electron chi connectivity index (χ0n) is 18.6. The smallest absolute Gasteiger partial charge is 0.234 e. The number of hydrogen-bond acceptors (Lipinski definition) is 6. The summed E-state index contributed by atoms with van der Waals surface area (Å²) in [5.41, 5.74) is 2.18. The van der Waals surface area contributed by atoms with Crippen LogP contribution in [0.5, 0.6) is 11.5 Å². The van der Waals surface area contributed by atoms with E-state index in [-0.39, 0.29) is 17.3 Å². The first kappa shape index (κ1) is 22.4. The Morgan fingerprint density at radius 2 is 1.75 bits per heavy atom. The van der Waals surface area contributed by atoms with Crippen molar-refractivity contribution in [1.29, 1.82) is 0 Å². The average Bonchev–Trinajstić information content (AvgIpc) is 3.02. The van der Waals surface area contributed by atoms with E-state index in [9.17, 15) is 4.79 Å². The van der Waals surface area contributed by atoms with E-state index in [1.165, 1.54) is 24.6 Å². The van der Waals surface area contributed by atoms with E-state index < -0.39 is 0 Å². The van der Waals surface area contributed by atoms with Gasteiger partial charge in [0.05, 0.1) is 31.4 Å². The Morgan fingerprint density at radius 1 is 1.00 bits per heavy atom. The quantitative estimate of drug-likeness (QED) is 0.645. The summed E-state index contributed by atoms with van der Waals surface area (Å²) in [5, 5.41) is 3.79. The van der Waals surface area contributed by atoms with Crippen LogP contribution in [0.2, 0.25) is 0 Å². The topological polar surface area (TPSA) is 72.3 Å². The van der Waals surface area contributed by atoms with Gasteiger partial charge in [-0.1, -0.05) is 54.9 Å². The van der Waals surface area contributed by atoms with Crippen molar-refractivity contribution in [3.8, 4) is 11.5 Å². The fourth-order valence-electron chi connectivity index (χ4n) is 4.16. The van der Waals surface area contributed by atoms with Crippen molar-refractivity contribution < 1.29 is 14.3 Å². The van der Waals surface area contributed by atoms with Crippen LogP contribution in [-0.4, -0.2) is 42.3 Å². The third kappa shape index (κ3) is 5.15. The summed E-state index contributed by atoms with van der Waals surface area (Å²) in [6.07, 6.45) is 6.70. The van der Waals surface area contributed by atoms with Crippen molar-refractivity contribution in [3.63, 3.8) is 0 Å². The van der Waals surface area contributed by atoms with Crippen LogP contribution in [0.1, 0.15) is 44.1 Å². The summed E-state index contributed by atoms with van der Waals surface area (Å²) < 4.78 is 10.6. The number of carbonyl (C=O) groups is 1. The third-order valence-electron chi connectivity index (χ3n) is 5.80. The molecule has 4 rings (SSSR count). The predicted octanol–water partition coefficient (Wildman–Crippen LogP) is 5.33. The SMILES string of the molecule is COc1ccc(OC)c(NC(=O)CSC2=NC3(CCCCCC3)N=C2c2ccccc2)c1. The number of thioether (sulfide) groups is 1. The van der Waals surface area contributed by atoms with Gasteiger partial charge in [-0.15, -0.1) is 0 Å². The number of methoxy groups -OCH3 is 2. The van der Waals surface area contributed by atoms with Gasteiger partial charge in [-0.05, 0) is 37.8 Å². The lowest BCUT2D eigenvalue weighted by Crippen LogP contribution is -2.20. The largest absolute Gasteiger partial charge is 0.497 e. The van der Waals surface area contributed by atoms with Gasteiger partial charge in [-0.25, -0.2) is 4.99 Å². The number of nitrogens with zero attached hydrogens (tertiary/aromatic N) is 2. The van der Waals surface area contributed by atoms with Crippen molar-refractivity contribution in [2.24, 2.45) is 9.98 Å². The molecule has 2 aromatic rings. The molecule has 6 nitrogen and oxygen atoms in total. The molecule has 1 fully saturated rings. The fraction of sp³-hybridized carbons (Fsp3) is 0.400. The number of aliphatic imine (C=N–C) groups is 2. The maximum Gasteiger partial charge on any atom is 0.234 e. The molecule has 1 heterocycles. The van der Waals surface area contributed by atoms with Gasteiger partial charge in [0.2, 0.25) is 5.91 Å². The fourth-order valence-corrected chi connectivity index (χ4v) is 5.03. The molecule has 2 aliphatic rings. The monoisotopic (exact) mass is 451 g/mol. The second-order valence-electron chi connectivity index (χ2n) is 8.04. The molecule has 0 unspecified atom stereocenters. The van der Waals surface area contributed by atoms with Crippen LogP contribution in [0.4, 0.5) is 5.69 Å². The minimum Gasteiger partial charge on any atom is -0.497 e. The number of hydrogen-bond donors (Lipinski definition) is 1. The van der Waals surface area contributed by atoms with Crippen LogP contribution >= 0.6 is 11.8 Å². The zero-order chi connectivity index (χ0) is 22.4. The normalized spacial score (nSPS) is 17.3. The van der Waals surface area contributed by atoms with Crippen molar-refractivity contribution >= 4 is 34.1 Å². The second kappa shape index (κ2) is 10.2. The van der Waals surface area contributed by atoms with Crippen molar-refractivity contribution in [2.45, 2.75) is 44.2 Å². The lowest BCUT2D eigenvalue weighted by atomic mass is 10.0. The molecule has 0 aromatic heterocycles. The van der Waals surface area contributed by atoms with E-state index >= 15 is 0 Å². The number of amides is 1. The third-order valence-corrected chi connectivity index (χ3v) is 6.77. The van der Waals surface area contributed by atoms with Gasteiger partial charge in [0, 0.05) is 11.6 Å². The molecule has 1 spiro atoms. The Bertz CT molecular complexity index is 1010. The van der Waals surface area contributed by atoms with E-state index in [4.69, 9.17) is 19.5 Å². The molecule has 7 heteroatoms. The van der Waals surface area contributed by atoms with E-state index in [0.717, 1.165) is 42.0 Å². The molecule has 0 saturated heterocycles. The van der Waals surface area contributed by atoms with Crippen molar-refractivity contribution in [3.05, 3.63) is 54.1 Å². The lowest BCUT2D eigenvalue weighted by molar-refractivity contribution is -0.113. The van der Waals surface area contributed by atoms with Crippen LogP contribution in [0.3, 0.4) is 0 Å². The van der Waals surface area contributed by atoms with E-state index in [1.54, 1.807) is 32.4 Å². The first-order chi connectivity index (χ1) is 15.6. The maximum atomic E-state index is 12.8. The molecule has 0 bridgehead atoms. The van der Waals surface area contributed by atoms with Gasteiger partial charge in [0.15, 0.2) is 5.66 Å². The number of nitrogens with one attached hydrogen (secondary N) is 1. The van der Waals surface area contributed by atoms with Gasteiger partial charge >= 0.3 is 0 Å². The Hall–Kier alpha value is -2.80. The minimum absolute atomic E-state index is 0.126. The number of ether oxygens (including phenoxy) is 2. The molecule has 0 atom stereocenters. The highest BCUT2D eigenvalue weighted by Crippen LogP contribution is 2.38. The molecular weight excluding hydrogens is 422 g/mol. The lowest BCUT2D eigenvalue weighted by Gasteiger charge is -2.20. The van der Waals surface area contributed by atoms with Gasteiger partial charge in [-0.2, -0.15) is 0 Å². The second-order valence-corrected chi connectivity index (χ2v) is 9.01. The van der Waals surface area contributed by atoms with Crippen LogP contribution < -0.4 is 14.8 Å². The predicted molar refractivity (Wildman–Crippen MR) is 131 cm³/mol. The molecule has 168 valence electrons. The summed E-state index contributed by atoms with van der Waals surface area (Å²) in [4.78, 5) is 23.0. The zero-order valence-corrected chi connectivity index (χ0v) is 19.4. The number of anilines is 1. The van der Waals surface area contributed by atoms with Gasteiger partial charge < -0.3 is 14.8 Å². The Balaban J connectivity index is 1.51. The average molecular weight is 452 g/mol. The molecule has 32 heavy (non-hydrogen) atoms. The molecule has 1 aliphatic heterocycles. The van der Waals surface area contributed by atoms with E-state index in [0.29, 0.717) is 17.2 Å². The van der Waals surface area contributed by atoms with Gasteiger partial charge in [0.1, 0.15) is 16.5 Å². The van der Waals surface area contributed by atoms with Gasteiger partial charge in [0.25, 0.3) is 0 Å². The molecule has 0 radical (unpaired) electrons. The van der Waals surface area contributed by atoms with Crippen LogP contribution in [0.25, 0.3) is 0 Å². The molecule has 2 aromatic carbocycles. The maximum absolute atomic E-state index is 12.8. The van der Waals surface area contributed by atoms with Crippen molar-refractivity contribution in [1.82, 2.24) is 0 Å². The van der Waals surface area contributed by atoms with Crippen LogP contribution in [0, 0.1) is 0 Å². The van der Waals surface area contributed by atoms with E-state index in [2.05, 4.69) is 17.4 Å². The first-order valence-electron chi connectivity index (χ1n) is 11.0. The first-order valence-corrected chi connectivity index (χ1v) is 12.0. The number of carbonyl (C=O) groups excluding carboxylic acids is 1. The highest BCUT2D eigenvalue weighted by Gasteiger charge is 2.37. The standard InChI is InChI=1S/C25H29N3O3S/c1-30-19-12-13-21(31-2)20(16-19)26-22(29)17-32-24-23(18-10-6-5-7-11-18)27-25(28-24)14-8-3-4-9-15-25/h5-7,10-13,16H,3-4,8-9,14-15,17H2,1-2H3,(H,26,29).